The molecular weight excluding hydrogens is 581 g/mol. The zero-order chi connectivity index (χ0) is 29.5. The summed E-state index contributed by atoms with van der Waals surface area (Å²) in [5, 5.41) is 7.29. The summed E-state index contributed by atoms with van der Waals surface area (Å²) >= 11 is 0. The Hall–Kier alpha value is -5.71. The van der Waals surface area contributed by atoms with E-state index < -0.39 is 0 Å². The topological polar surface area (TPSA) is 23.0 Å². The van der Waals surface area contributed by atoms with Crippen molar-refractivity contribution in [3.05, 3.63) is 158 Å². The lowest BCUT2D eigenvalue weighted by molar-refractivity contribution is 0.669. The Bertz CT molecular complexity index is 2670. The molecule has 10 aromatic rings. The number of hydrogen-bond donors (Lipinski definition) is 0. The van der Waals surface area contributed by atoms with Crippen LogP contribution < -0.4 is 0 Å². The van der Waals surface area contributed by atoms with E-state index in [2.05, 4.69) is 167 Å². The Labute approximate surface area is 272 Å². The Kier molecular flexibility index (Phi) is 5.89. The summed E-state index contributed by atoms with van der Waals surface area (Å²) in [6, 6.07) is 56.6. The number of thiol groups is 1. The molecule has 4 heteroatoms. The first-order chi connectivity index (χ1) is 22.3. The molecule has 0 atom stereocenters. The maximum absolute atomic E-state index is 6.36. The van der Waals surface area contributed by atoms with Crippen molar-refractivity contribution < 1.29 is 4.42 Å². The molecule has 218 valence electrons. The van der Waals surface area contributed by atoms with Crippen LogP contribution >= 0.6 is 0 Å². The average molecular weight is 608 g/mol. The van der Waals surface area contributed by atoms with Gasteiger partial charge in [0.2, 0.25) is 0 Å². The summed E-state index contributed by atoms with van der Waals surface area (Å²) in [7, 11) is 0. The van der Waals surface area contributed by atoms with E-state index in [1.807, 2.05) is 0 Å². The van der Waals surface area contributed by atoms with Crippen LogP contribution in [0.15, 0.2) is 162 Å². The molecule has 7 aromatic carbocycles. The van der Waals surface area contributed by atoms with Crippen molar-refractivity contribution in [3.63, 3.8) is 0 Å². The summed E-state index contributed by atoms with van der Waals surface area (Å²) in [5.74, 6) is 0. The summed E-state index contributed by atoms with van der Waals surface area (Å²) < 4.78 is 11.1. The Balaban J connectivity index is 0.00000292. The minimum Gasteiger partial charge on any atom is -0.813 e. The molecule has 0 amide bonds. The fourth-order valence-corrected chi connectivity index (χ4v) is 7.31. The van der Waals surface area contributed by atoms with Gasteiger partial charge in [0.1, 0.15) is 11.2 Å². The second kappa shape index (κ2) is 10.2. The van der Waals surface area contributed by atoms with Crippen molar-refractivity contribution in [2.24, 2.45) is 0 Å². The molecule has 0 N–H and O–H groups in total. The number of hydrogen-bond acceptors (Lipinski definition) is 2. The van der Waals surface area contributed by atoms with Gasteiger partial charge in [-0.2, -0.15) is 0 Å². The van der Waals surface area contributed by atoms with Gasteiger partial charge in [0.15, 0.2) is 0 Å². The van der Waals surface area contributed by atoms with Gasteiger partial charge in [-0.1, -0.05) is 91.0 Å². The van der Waals surface area contributed by atoms with Gasteiger partial charge in [-0.3, -0.25) is 0 Å². The third kappa shape index (κ3) is 3.81. The lowest BCUT2D eigenvalue weighted by Gasteiger charge is -2.10. The third-order valence-electron chi connectivity index (χ3n) is 9.31. The zero-order valence-corrected chi connectivity index (χ0v) is 25.7. The predicted octanol–water partition coefficient (Wildman–Crippen LogP) is 11.2. The Morgan fingerprint density at radius 1 is 0.326 bits per heavy atom. The molecular formula is C42H27N2OS-. The summed E-state index contributed by atoms with van der Waals surface area (Å²) in [5.41, 5.74) is 11.2. The van der Waals surface area contributed by atoms with E-state index >= 15 is 0 Å². The van der Waals surface area contributed by atoms with Gasteiger partial charge >= 0.3 is 0 Å². The van der Waals surface area contributed by atoms with Crippen LogP contribution in [0.25, 0.3) is 88.1 Å². The van der Waals surface area contributed by atoms with Crippen molar-refractivity contribution in [1.29, 1.82) is 0 Å². The van der Waals surface area contributed by atoms with Crippen molar-refractivity contribution >= 4 is 79.0 Å². The van der Waals surface area contributed by atoms with Crippen molar-refractivity contribution in [1.82, 2.24) is 9.13 Å². The van der Waals surface area contributed by atoms with Crippen LogP contribution in [0, 0.1) is 0 Å². The molecule has 0 aliphatic carbocycles. The predicted molar refractivity (Wildman–Crippen MR) is 197 cm³/mol. The highest BCUT2D eigenvalue weighted by Crippen LogP contribution is 2.38. The van der Waals surface area contributed by atoms with E-state index in [4.69, 9.17) is 4.42 Å². The smallest absolute Gasteiger partial charge is 0.135 e. The lowest BCUT2D eigenvalue weighted by atomic mass is 10.0. The van der Waals surface area contributed by atoms with Gasteiger partial charge in [-0.05, 0) is 77.9 Å². The van der Waals surface area contributed by atoms with Crippen LogP contribution in [-0.2, 0) is 13.5 Å². The quantitative estimate of drug-likeness (QED) is 0.147. The summed E-state index contributed by atoms with van der Waals surface area (Å²) in [4.78, 5) is 0. The van der Waals surface area contributed by atoms with E-state index in [-0.39, 0.29) is 13.5 Å². The highest BCUT2D eigenvalue weighted by Gasteiger charge is 2.16. The molecule has 0 bridgehead atoms. The minimum atomic E-state index is 0. The number of nitrogens with zero attached hydrogens (tertiary/aromatic N) is 2. The Morgan fingerprint density at radius 3 is 1.30 bits per heavy atom. The van der Waals surface area contributed by atoms with Gasteiger partial charge in [0.25, 0.3) is 0 Å². The van der Waals surface area contributed by atoms with Crippen molar-refractivity contribution in [2.75, 3.05) is 0 Å². The monoisotopic (exact) mass is 607 g/mol. The van der Waals surface area contributed by atoms with Gasteiger partial charge < -0.3 is 27.0 Å². The molecule has 0 spiro atoms. The highest BCUT2D eigenvalue weighted by atomic mass is 32.1. The zero-order valence-electron chi connectivity index (χ0n) is 24.8. The first-order valence-corrected chi connectivity index (χ1v) is 15.4. The average Bonchev–Trinajstić information content (AvgIpc) is 3.75. The van der Waals surface area contributed by atoms with Crippen LogP contribution in [0.1, 0.15) is 0 Å². The van der Waals surface area contributed by atoms with E-state index in [9.17, 15) is 0 Å². The van der Waals surface area contributed by atoms with Crippen molar-refractivity contribution in [2.45, 2.75) is 0 Å². The molecule has 0 saturated carbocycles. The van der Waals surface area contributed by atoms with Crippen LogP contribution in [0.5, 0.6) is 0 Å². The molecule has 0 unspecified atom stereocenters. The van der Waals surface area contributed by atoms with E-state index in [1.165, 1.54) is 49.2 Å². The first kappa shape index (κ1) is 26.7. The van der Waals surface area contributed by atoms with Gasteiger partial charge in [-0.15, -0.1) is 0 Å². The standard InChI is InChI=1S/C42H26N2O.H2S/c1-5-16-37-31(12-1)32-13-2-6-17-38(32)43(37)29-11-9-10-27(24-29)28-20-22-41-35(25-28)36-26-30(21-23-42(36)45-41)44-39-18-7-3-14-33(39)34-15-4-8-19-40(34)44;/h1-26H;1H2/p-1. The molecule has 3 nitrogen and oxygen atoms in total. The number of rotatable bonds is 3. The third-order valence-corrected chi connectivity index (χ3v) is 9.31. The number of para-hydroxylation sites is 4. The number of fused-ring (bicyclic) bond motifs is 9. The second-order valence-electron chi connectivity index (χ2n) is 11.8. The minimum absolute atomic E-state index is 0. The number of benzene rings is 7. The molecule has 0 aliphatic rings. The van der Waals surface area contributed by atoms with Crippen LogP contribution in [-0.4, -0.2) is 9.13 Å². The number of aromatic nitrogens is 2. The van der Waals surface area contributed by atoms with Crippen LogP contribution in [0.3, 0.4) is 0 Å². The van der Waals surface area contributed by atoms with Crippen LogP contribution in [0.2, 0.25) is 0 Å². The van der Waals surface area contributed by atoms with E-state index in [1.54, 1.807) is 0 Å². The maximum Gasteiger partial charge on any atom is 0.135 e. The SMILES string of the molecule is [SH-].c1cc(-c2ccc3oc4ccc(-n5c6ccccc6c6ccccc65)cc4c3c2)cc(-n2c3ccccc3c3ccccc32)c1. The highest BCUT2D eigenvalue weighted by molar-refractivity contribution is 7.37. The normalized spacial score (nSPS) is 11.7. The van der Waals surface area contributed by atoms with Gasteiger partial charge in [0.05, 0.1) is 22.1 Å². The first-order valence-electron chi connectivity index (χ1n) is 15.4. The summed E-state index contributed by atoms with van der Waals surface area (Å²) in [6.45, 7) is 0. The molecule has 46 heavy (non-hydrogen) atoms. The lowest BCUT2D eigenvalue weighted by Crippen LogP contribution is -1.94. The molecule has 3 aromatic heterocycles. The molecule has 0 radical (unpaired) electrons. The fraction of sp³-hybridized carbons (Fsp3) is 0. The summed E-state index contributed by atoms with van der Waals surface area (Å²) in [6.07, 6.45) is 0. The van der Waals surface area contributed by atoms with E-state index in [0.29, 0.717) is 0 Å². The number of furan rings is 1. The maximum atomic E-state index is 6.36. The van der Waals surface area contributed by atoms with E-state index in [0.717, 1.165) is 38.9 Å². The van der Waals surface area contributed by atoms with Crippen LogP contribution in [0.4, 0.5) is 0 Å². The van der Waals surface area contributed by atoms with Gasteiger partial charge in [-0.25, -0.2) is 0 Å². The fourth-order valence-electron chi connectivity index (χ4n) is 7.31. The molecule has 0 aliphatic heterocycles. The molecule has 3 heterocycles. The largest absolute Gasteiger partial charge is 0.813 e. The molecule has 10 rings (SSSR count). The molecule has 0 saturated heterocycles. The second-order valence-corrected chi connectivity index (χ2v) is 11.8. The van der Waals surface area contributed by atoms with Gasteiger partial charge in [0, 0.05) is 43.7 Å². The Morgan fingerprint density at radius 2 is 0.761 bits per heavy atom. The molecule has 0 fully saturated rings. The van der Waals surface area contributed by atoms with Crippen molar-refractivity contribution in [3.8, 4) is 22.5 Å².